The predicted octanol–water partition coefficient (Wildman–Crippen LogP) is 1.44. The van der Waals surface area contributed by atoms with Gasteiger partial charge in [-0.2, -0.15) is 0 Å². The number of hydrogen-bond acceptors (Lipinski definition) is 4. The number of aromatic nitrogens is 3. The monoisotopic (exact) mass is 333 g/mol. The van der Waals surface area contributed by atoms with Crippen LogP contribution in [-0.4, -0.2) is 44.1 Å². The van der Waals surface area contributed by atoms with Crippen LogP contribution in [-0.2, 0) is 22.6 Å². The van der Waals surface area contributed by atoms with Gasteiger partial charge in [0.15, 0.2) is 5.82 Å². The molecular weight excluding hydrogens is 306 g/mol. The zero-order chi connectivity index (χ0) is 17.3. The first-order valence-corrected chi connectivity index (χ1v) is 8.99. The molecule has 1 N–H and O–H groups in total. The van der Waals surface area contributed by atoms with E-state index in [1.165, 1.54) is 6.42 Å². The molecule has 1 aromatic heterocycles. The van der Waals surface area contributed by atoms with E-state index in [1.54, 1.807) is 4.90 Å². The van der Waals surface area contributed by atoms with Crippen LogP contribution in [0, 0.1) is 5.92 Å². The highest BCUT2D eigenvalue weighted by atomic mass is 16.2. The van der Waals surface area contributed by atoms with Gasteiger partial charge in [0.2, 0.25) is 11.8 Å². The van der Waals surface area contributed by atoms with Gasteiger partial charge in [-0.25, -0.2) is 0 Å². The number of nitrogens with one attached hydrogen (secondary N) is 1. The highest BCUT2D eigenvalue weighted by Crippen LogP contribution is 2.22. The van der Waals surface area contributed by atoms with Crippen molar-refractivity contribution < 1.29 is 9.59 Å². The third kappa shape index (κ3) is 3.30. The van der Waals surface area contributed by atoms with E-state index in [0.29, 0.717) is 13.0 Å². The maximum atomic E-state index is 12.6. The lowest BCUT2D eigenvalue weighted by Gasteiger charge is -2.21. The molecule has 7 heteroatoms. The molecule has 2 aliphatic rings. The lowest BCUT2D eigenvalue weighted by Crippen LogP contribution is -2.37. The van der Waals surface area contributed by atoms with Gasteiger partial charge in [0.1, 0.15) is 5.82 Å². The van der Waals surface area contributed by atoms with Crippen LogP contribution < -0.4 is 5.32 Å². The minimum Gasteiger partial charge on any atom is -0.346 e. The molecule has 1 fully saturated rings. The van der Waals surface area contributed by atoms with E-state index in [4.69, 9.17) is 0 Å². The van der Waals surface area contributed by atoms with E-state index in [9.17, 15) is 9.59 Å². The third-order valence-electron chi connectivity index (χ3n) is 5.04. The number of likely N-dealkylation sites (tertiary alicyclic amines) is 1. The summed E-state index contributed by atoms with van der Waals surface area (Å²) in [6.07, 6.45) is 4.73. The Labute approximate surface area is 142 Å². The largest absolute Gasteiger partial charge is 0.346 e. The van der Waals surface area contributed by atoms with Crippen molar-refractivity contribution in [3.8, 4) is 0 Å². The number of carbonyl (C=O) groups excluding carboxylic acids is 2. The van der Waals surface area contributed by atoms with E-state index in [1.807, 2.05) is 20.8 Å². The number of aryl methyl sites for hydroxylation is 1. The average molecular weight is 333 g/mol. The van der Waals surface area contributed by atoms with Gasteiger partial charge in [-0.05, 0) is 33.6 Å². The van der Waals surface area contributed by atoms with Gasteiger partial charge >= 0.3 is 0 Å². The first-order valence-electron chi connectivity index (χ1n) is 8.99. The number of rotatable bonds is 4. The van der Waals surface area contributed by atoms with Gasteiger partial charge < -0.3 is 14.8 Å². The molecule has 0 aromatic carbocycles. The molecule has 2 amide bonds. The van der Waals surface area contributed by atoms with Crippen molar-refractivity contribution in [1.29, 1.82) is 0 Å². The molecule has 3 heterocycles. The molecule has 0 saturated carbocycles. The molecule has 0 radical (unpaired) electrons. The summed E-state index contributed by atoms with van der Waals surface area (Å²) in [7, 11) is 0. The first-order chi connectivity index (χ1) is 11.5. The molecule has 2 aliphatic heterocycles. The molecule has 24 heavy (non-hydrogen) atoms. The van der Waals surface area contributed by atoms with Crippen molar-refractivity contribution in [2.45, 2.75) is 71.5 Å². The molecule has 0 spiro atoms. The van der Waals surface area contributed by atoms with Crippen molar-refractivity contribution in [2.75, 3.05) is 6.54 Å². The van der Waals surface area contributed by atoms with E-state index in [0.717, 1.165) is 37.5 Å². The Bertz CT molecular complexity index is 624. The molecule has 0 bridgehead atoms. The van der Waals surface area contributed by atoms with Crippen LogP contribution in [0.3, 0.4) is 0 Å². The summed E-state index contributed by atoms with van der Waals surface area (Å²) in [5.41, 5.74) is 0. The molecule has 7 nitrogen and oxygen atoms in total. The fraction of sp³-hybridized carbons (Fsp3) is 0.765. The first kappa shape index (κ1) is 16.9. The number of fused-ring (bicyclic) bond motifs is 1. The number of amides is 2. The molecule has 132 valence electrons. The standard InChI is InChI=1S/C17H27N5O2/c1-11(2)22-10-13(9-15(22)23)17(24)18-12(3)16-20-19-14-7-5-4-6-8-21(14)16/h11-13H,4-10H2,1-3H3,(H,18,24). The third-order valence-corrected chi connectivity index (χ3v) is 5.04. The Morgan fingerprint density at radius 1 is 1.21 bits per heavy atom. The van der Waals surface area contributed by atoms with Gasteiger partial charge in [-0.3, -0.25) is 9.59 Å². The predicted molar refractivity (Wildman–Crippen MR) is 89.1 cm³/mol. The maximum Gasteiger partial charge on any atom is 0.226 e. The second kappa shape index (κ2) is 6.91. The van der Waals surface area contributed by atoms with E-state index < -0.39 is 0 Å². The van der Waals surface area contributed by atoms with Gasteiger partial charge in [-0.15, -0.1) is 10.2 Å². The Kier molecular flexibility index (Phi) is 4.87. The molecular formula is C17H27N5O2. The summed E-state index contributed by atoms with van der Waals surface area (Å²) < 4.78 is 2.15. The van der Waals surface area contributed by atoms with E-state index in [2.05, 4.69) is 20.1 Å². The summed E-state index contributed by atoms with van der Waals surface area (Å²) in [6.45, 7) is 7.32. The van der Waals surface area contributed by atoms with Gasteiger partial charge in [0.25, 0.3) is 0 Å². The van der Waals surface area contributed by atoms with Crippen LogP contribution in [0.15, 0.2) is 0 Å². The highest BCUT2D eigenvalue weighted by molar-refractivity contribution is 5.89. The van der Waals surface area contributed by atoms with Crippen molar-refractivity contribution in [2.24, 2.45) is 5.92 Å². The Balaban J connectivity index is 1.65. The number of hydrogen-bond donors (Lipinski definition) is 1. The van der Waals surface area contributed by atoms with Crippen LogP contribution in [0.4, 0.5) is 0 Å². The SMILES string of the molecule is CC(NC(=O)C1CC(=O)N(C(C)C)C1)c1nnc2n1CCCCC2. The molecule has 1 aromatic rings. The van der Waals surface area contributed by atoms with Crippen LogP contribution in [0.1, 0.15) is 64.1 Å². The molecule has 2 unspecified atom stereocenters. The van der Waals surface area contributed by atoms with Gasteiger partial charge in [0.05, 0.1) is 12.0 Å². The minimum absolute atomic E-state index is 0.0640. The minimum atomic E-state index is -0.270. The average Bonchev–Trinajstić information content (AvgIpc) is 3.04. The van der Waals surface area contributed by atoms with Crippen LogP contribution in [0.5, 0.6) is 0 Å². The molecule has 1 saturated heterocycles. The number of carbonyl (C=O) groups is 2. The zero-order valence-corrected chi connectivity index (χ0v) is 14.8. The van der Waals surface area contributed by atoms with Gasteiger partial charge in [-0.1, -0.05) is 6.42 Å². The van der Waals surface area contributed by atoms with Crippen molar-refractivity contribution in [1.82, 2.24) is 25.0 Å². The Morgan fingerprint density at radius 3 is 2.71 bits per heavy atom. The summed E-state index contributed by atoms with van der Waals surface area (Å²) in [5.74, 6) is 1.57. The molecule has 3 rings (SSSR count). The normalized spacial score (nSPS) is 22.4. The Morgan fingerprint density at radius 2 is 2.00 bits per heavy atom. The smallest absolute Gasteiger partial charge is 0.226 e. The van der Waals surface area contributed by atoms with Crippen molar-refractivity contribution in [3.63, 3.8) is 0 Å². The molecule has 0 aliphatic carbocycles. The van der Waals surface area contributed by atoms with Crippen LogP contribution in [0.25, 0.3) is 0 Å². The highest BCUT2D eigenvalue weighted by Gasteiger charge is 2.36. The Hall–Kier alpha value is -1.92. The fourth-order valence-corrected chi connectivity index (χ4v) is 3.63. The quantitative estimate of drug-likeness (QED) is 0.904. The second-order valence-electron chi connectivity index (χ2n) is 7.21. The topological polar surface area (TPSA) is 80.1 Å². The van der Waals surface area contributed by atoms with Crippen LogP contribution in [0.2, 0.25) is 0 Å². The number of nitrogens with zero attached hydrogens (tertiary/aromatic N) is 4. The summed E-state index contributed by atoms with van der Waals surface area (Å²) >= 11 is 0. The summed E-state index contributed by atoms with van der Waals surface area (Å²) in [6, 6.07) is -0.0555. The zero-order valence-electron chi connectivity index (χ0n) is 14.8. The van der Waals surface area contributed by atoms with Crippen molar-refractivity contribution in [3.05, 3.63) is 11.6 Å². The summed E-state index contributed by atoms with van der Waals surface area (Å²) in [4.78, 5) is 26.3. The fourth-order valence-electron chi connectivity index (χ4n) is 3.63. The lowest BCUT2D eigenvalue weighted by atomic mass is 10.1. The van der Waals surface area contributed by atoms with E-state index >= 15 is 0 Å². The maximum absolute atomic E-state index is 12.6. The van der Waals surface area contributed by atoms with Crippen molar-refractivity contribution >= 4 is 11.8 Å². The lowest BCUT2D eigenvalue weighted by molar-refractivity contribution is -0.130. The molecule has 2 atom stereocenters. The van der Waals surface area contributed by atoms with E-state index in [-0.39, 0.29) is 29.8 Å². The van der Waals surface area contributed by atoms with Gasteiger partial charge in [0, 0.05) is 32.0 Å². The summed E-state index contributed by atoms with van der Waals surface area (Å²) in [5, 5.41) is 11.6. The van der Waals surface area contributed by atoms with Crippen LogP contribution >= 0.6 is 0 Å². The second-order valence-corrected chi connectivity index (χ2v) is 7.21.